The number of hydrogen-bond acceptors (Lipinski definition) is 4. The van der Waals surface area contributed by atoms with Gasteiger partial charge in [-0.1, -0.05) is 32.8 Å². The highest BCUT2D eigenvalue weighted by Gasteiger charge is 2.35. The molecule has 1 fully saturated rings. The topological polar surface area (TPSA) is 86.8 Å². The Morgan fingerprint density at radius 1 is 1.00 bits per heavy atom. The van der Waals surface area contributed by atoms with Crippen molar-refractivity contribution >= 4 is 33.2 Å². The third kappa shape index (κ3) is 6.49. The molecule has 190 valence electrons. The van der Waals surface area contributed by atoms with Gasteiger partial charge in [0.25, 0.3) is 0 Å². The Bertz CT molecular complexity index is 1140. The smallest absolute Gasteiger partial charge is 0.243 e. The van der Waals surface area contributed by atoms with E-state index in [4.69, 9.17) is 0 Å². The molecule has 1 aliphatic rings. The van der Waals surface area contributed by atoms with Crippen LogP contribution in [0.3, 0.4) is 0 Å². The lowest BCUT2D eigenvalue weighted by atomic mass is 10.1. The molecule has 2 aromatic carbocycles. The Morgan fingerprint density at radius 3 is 2.20 bits per heavy atom. The molecule has 3 rings (SSSR count). The van der Waals surface area contributed by atoms with Crippen molar-refractivity contribution in [3.8, 4) is 0 Å². The molecule has 2 amide bonds. The molecule has 0 spiro atoms. The van der Waals surface area contributed by atoms with E-state index in [1.54, 1.807) is 21.3 Å². The molecule has 35 heavy (non-hydrogen) atoms. The van der Waals surface area contributed by atoms with Gasteiger partial charge in [-0.2, -0.15) is 4.31 Å². The number of nitrogens with one attached hydrogen (secondary N) is 1. The van der Waals surface area contributed by atoms with Crippen molar-refractivity contribution in [3.63, 3.8) is 0 Å². The number of aryl methyl sites for hydroxylation is 2. The van der Waals surface area contributed by atoms with Crippen LogP contribution >= 0.6 is 0 Å². The molecule has 0 saturated carbocycles. The predicted octanol–water partition coefficient (Wildman–Crippen LogP) is 4.89. The number of amides is 2. The standard InChI is InChI=1S/C27H37N3O4S/c1-5-7-15-29(16-8-6-2)35(33,34)25-13-10-23(11-14-25)28-27(32)22-18-26(31)30(19-22)24-12-9-20(3)21(4)17-24/h9-14,17,22H,5-8,15-16,18-19H2,1-4H3,(H,28,32). The van der Waals surface area contributed by atoms with E-state index in [2.05, 4.69) is 5.32 Å². The summed E-state index contributed by atoms with van der Waals surface area (Å²) in [6.07, 6.45) is 3.63. The predicted molar refractivity (Wildman–Crippen MR) is 140 cm³/mol. The number of carbonyl (C=O) groups is 2. The maximum absolute atomic E-state index is 13.1. The molecule has 2 aromatic rings. The first-order valence-corrected chi connectivity index (χ1v) is 13.9. The second-order valence-electron chi connectivity index (χ2n) is 9.30. The van der Waals surface area contributed by atoms with Gasteiger partial charge in [0.15, 0.2) is 0 Å². The zero-order valence-electron chi connectivity index (χ0n) is 21.2. The number of carbonyl (C=O) groups excluding carboxylic acids is 2. The van der Waals surface area contributed by atoms with Crippen LogP contribution in [0.1, 0.15) is 57.1 Å². The first-order valence-electron chi connectivity index (χ1n) is 12.5. The van der Waals surface area contributed by atoms with Crippen molar-refractivity contribution in [2.75, 3.05) is 29.9 Å². The van der Waals surface area contributed by atoms with Crippen LogP contribution in [0, 0.1) is 19.8 Å². The van der Waals surface area contributed by atoms with Crippen molar-refractivity contribution in [2.45, 2.75) is 64.7 Å². The van der Waals surface area contributed by atoms with Crippen LogP contribution in [0.4, 0.5) is 11.4 Å². The van der Waals surface area contributed by atoms with Gasteiger partial charge in [0.2, 0.25) is 21.8 Å². The summed E-state index contributed by atoms with van der Waals surface area (Å²) < 4.78 is 27.8. The zero-order valence-corrected chi connectivity index (χ0v) is 22.0. The lowest BCUT2D eigenvalue weighted by molar-refractivity contribution is -0.122. The van der Waals surface area contributed by atoms with E-state index in [1.165, 1.54) is 12.1 Å². The fourth-order valence-electron chi connectivity index (χ4n) is 4.15. The molecule has 0 aromatic heterocycles. The van der Waals surface area contributed by atoms with Crippen molar-refractivity contribution < 1.29 is 18.0 Å². The monoisotopic (exact) mass is 499 g/mol. The van der Waals surface area contributed by atoms with Crippen molar-refractivity contribution in [1.82, 2.24) is 4.31 Å². The summed E-state index contributed by atoms with van der Waals surface area (Å²) in [5, 5.41) is 2.85. The van der Waals surface area contributed by atoms with Crippen LogP contribution in [-0.2, 0) is 19.6 Å². The van der Waals surface area contributed by atoms with Gasteiger partial charge in [0.1, 0.15) is 0 Å². The van der Waals surface area contributed by atoms with Crippen LogP contribution in [-0.4, -0.2) is 44.2 Å². The van der Waals surface area contributed by atoms with Gasteiger partial charge in [-0.05, 0) is 74.2 Å². The number of nitrogens with zero attached hydrogens (tertiary/aromatic N) is 2. The largest absolute Gasteiger partial charge is 0.326 e. The molecule has 1 aliphatic heterocycles. The highest BCUT2D eigenvalue weighted by Crippen LogP contribution is 2.28. The van der Waals surface area contributed by atoms with Crippen LogP contribution in [0.2, 0.25) is 0 Å². The molecular weight excluding hydrogens is 462 g/mol. The highest BCUT2D eigenvalue weighted by atomic mass is 32.2. The normalized spacial score (nSPS) is 16.2. The summed E-state index contributed by atoms with van der Waals surface area (Å²) in [5.74, 6) is -0.784. The number of sulfonamides is 1. The molecule has 0 bridgehead atoms. The van der Waals surface area contributed by atoms with Gasteiger partial charge >= 0.3 is 0 Å². The summed E-state index contributed by atoms with van der Waals surface area (Å²) in [6, 6.07) is 12.2. The first-order chi connectivity index (χ1) is 16.7. The average Bonchev–Trinajstić information content (AvgIpc) is 3.23. The molecule has 1 atom stereocenters. The SMILES string of the molecule is CCCCN(CCCC)S(=O)(=O)c1ccc(NC(=O)C2CC(=O)N(c3ccc(C)c(C)c3)C2)cc1. The second-order valence-corrected chi connectivity index (χ2v) is 11.2. The number of unbranched alkanes of at least 4 members (excludes halogenated alkanes) is 2. The number of benzene rings is 2. The number of hydrogen-bond donors (Lipinski definition) is 1. The minimum atomic E-state index is -3.59. The van der Waals surface area contributed by atoms with E-state index < -0.39 is 15.9 Å². The summed E-state index contributed by atoms with van der Waals surface area (Å²) in [4.78, 5) is 27.3. The molecule has 1 saturated heterocycles. The lowest BCUT2D eigenvalue weighted by Gasteiger charge is -2.22. The fraction of sp³-hybridized carbons (Fsp3) is 0.481. The highest BCUT2D eigenvalue weighted by molar-refractivity contribution is 7.89. The van der Waals surface area contributed by atoms with E-state index in [9.17, 15) is 18.0 Å². The summed E-state index contributed by atoms with van der Waals surface area (Å²) >= 11 is 0. The molecule has 7 nitrogen and oxygen atoms in total. The van der Waals surface area contributed by atoms with E-state index in [0.717, 1.165) is 42.5 Å². The van der Waals surface area contributed by atoms with Crippen LogP contribution in [0.25, 0.3) is 0 Å². The van der Waals surface area contributed by atoms with E-state index in [-0.39, 0.29) is 23.1 Å². The Balaban J connectivity index is 1.66. The van der Waals surface area contributed by atoms with Gasteiger partial charge in [0, 0.05) is 37.4 Å². The summed E-state index contributed by atoms with van der Waals surface area (Å²) in [7, 11) is -3.59. The lowest BCUT2D eigenvalue weighted by Crippen LogP contribution is -2.33. The van der Waals surface area contributed by atoms with Crippen molar-refractivity contribution in [1.29, 1.82) is 0 Å². The Morgan fingerprint density at radius 2 is 1.63 bits per heavy atom. The van der Waals surface area contributed by atoms with Gasteiger partial charge in [-0.15, -0.1) is 0 Å². The third-order valence-corrected chi connectivity index (χ3v) is 8.49. The molecule has 0 radical (unpaired) electrons. The number of anilines is 2. The maximum atomic E-state index is 13.1. The van der Waals surface area contributed by atoms with Gasteiger partial charge < -0.3 is 10.2 Å². The molecule has 1 unspecified atom stereocenters. The molecule has 1 N–H and O–H groups in total. The molecular formula is C27H37N3O4S. The Labute approximate surface area is 209 Å². The first kappa shape index (κ1) is 26.9. The minimum Gasteiger partial charge on any atom is -0.326 e. The second kappa shape index (κ2) is 11.8. The Hall–Kier alpha value is -2.71. The van der Waals surface area contributed by atoms with Crippen molar-refractivity contribution in [3.05, 3.63) is 53.6 Å². The van der Waals surface area contributed by atoms with Crippen molar-refractivity contribution in [2.24, 2.45) is 5.92 Å². The Kier molecular flexibility index (Phi) is 9.08. The van der Waals surface area contributed by atoms with E-state index >= 15 is 0 Å². The van der Waals surface area contributed by atoms with Crippen LogP contribution < -0.4 is 10.2 Å². The van der Waals surface area contributed by atoms with Gasteiger partial charge in [-0.25, -0.2) is 8.42 Å². The summed E-state index contributed by atoms with van der Waals surface area (Å²) in [6.45, 7) is 9.44. The maximum Gasteiger partial charge on any atom is 0.243 e. The van der Waals surface area contributed by atoms with Crippen LogP contribution in [0.5, 0.6) is 0 Å². The summed E-state index contributed by atoms with van der Waals surface area (Å²) in [5.41, 5.74) is 3.57. The number of rotatable bonds is 11. The zero-order chi connectivity index (χ0) is 25.6. The van der Waals surface area contributed by atoms with Gasteiger partial charge in [-0.3, -0.25) is 9.59 Å². The van der Waals surface area contributed by atoms with Crippen LogP contribution in [0.15, 0.2) is 47.4 Å². The van der Waals surface area contributed by atoms with E-state index in [1.807, 2.05) is 45.9 Å². The third-order valence-electron chi connectivity index (χ3n) is 6.58. The molecule has 1 heterocycles. The molecule has 8 heteroatoms. The average molecular weight is 500 g/mol. The minimum absolute atomic E-state index is 0.0749. The fourth-order valence-corrected chi connectivity index (χ4v) is 5.67. The van der Waals surface area contributed by atoms with E-state index in [0.29, 0.717) is 25.3 Å². The quantitative estimate of drug-likeness (QED) is 0.477. The van der Waals surface area contributed by atoms with Gasteiger partial charge in [0.05, 0.1) is 10.8 Å². The molecule has 0 aliphatic carbocycles.